The Morgan fingerprint density at radius 1 is 1.36 bits per heavy atom. The van der Waals surface area contributed by atoms with E-state index in [0.717, 1.165) is 44.4 Å². The summed E-state index contributed by atoms with van der Waals surface area (Å²) in [5, 5.41) is 12.4. The van der Waals surface area contributed by atoms with Crippen molar-refractivity contribution in [1.82, 2.24) is 15.1 Å². The minimum Gasteiger partial charge on any atom is -0.444 e. The van der Waals surface area contributed by atoms with Crippen LogP contribution in [0.4, 0.5) is 10.6 Å². The number of hydrazone groups is 1. The molecular weight excluding hydrogens is 318 g/mol. The van der Waals surface area contributed by atoms with Crippen molar-refractivity contribution in [3.63, 3.8) is 0 Å². The van der Waals surface area contributed by atoms with Crippen molar-refractivity contribution in [2.45, 2.75) is 64.5 Å². The first-order valence-electron chi connectivity index (χ1n) is 9.04. The minimum atomic E-state index is -0.492. The van der Waals surface area contributed by atoms with Gasteiger partial charge in [-0.05, 0) is 70.9 Å². The first-order chi connectivity index (χ1) is 11.9. The summed E-state index contributed by atoms with van der Waals surface area (Å²) >= 11 is 0. The highest BCUT2D eigenvalue weighted by Gasteiger charge is 2.41. The van der Waals surface area contributed by atoms with E-state index < -0.39 is 5.60 Å². The molecule has 1 aromatic rings. The predicted molar refractivity (Wildman–Crippen MR) is 96.4 cm³/mol. The Kier molecular flexibility index (Phi) is 5.20. The van der Waals surface area contributed by atoms with E-state index in [0.29, 0.717) is 11.7 Å². The second kappa shape index (κ2) is 7.37. The normalized spacial score (nSPS) is 25.4. The molecule has 1 amide bonds. The first-order valence-corrected chi connectivity index (χ1v) is 9.04. The molecule has 1 saturated carbocycles. The van der Waals surface area contributed by atoms with Crippen molar-refractivity contribution < 1.29 is 9.53 Å². The third-order valence-electron chi connectivity index (χ3n) is 4.62. The molecule has 0 radical (unpaired) electrons. The van der Waals surface area contributed by atoms with Crippen molar-refractivity contribution in [3.05, 3.63) is 18.3 Å². The summed E-state index contributed by atoms with van der Waals surface area (Å²) in [5.41, 5.74) is 3.51. The van der Waals surface area contributed by atoms with Crippen molar-refractivity contribution in [1.29, 1.82) is 0 Å². The number of nitrogens with one attached hydrogen (secondary N) is 1. The maximum atomic E-state index is 12.7. The topological polar surface area (TPSA) is 79.7 Å². The molecular formula is C18H27N5O2. The van der Waals surface area contributed by atoms with Crippen LogP contribution < -0.4 is 5.43 Å². The fourth-order valence-corrected chi connectivity index (χ4v) is 3.66. The van der Waals surface area contributed by atoms with E-state index in [9.17, 15) is 4.79 Å². The molecule has 1 aromatic heterocycles. The van der Waals surface area contributed by atoms with E-state index in [1.807, 2.05) is 37.8 Å². The van der Waals surface area contributed by atoms with Crippen LogP contribution in [-0.2, 0) is 4.74 Å². The number of ether oxygens (including phenoxy) is 1. The molecule has 25 heavy (non-hydrogen) atoms. The number of carbonyl (C=O) groups excluding carboxylic acids is 1. The number of aromatic nitrogens is 2. The van der Waals surface area contributed by atoms with Gasteiger partial charge in [0.15, 0.2) is 5.82 Å². The number of carbonyl (C=O) groups is 1. The number of hydrogen-bond acceptors (Lipinski definition) is 6. The van der Waals surface area contributed by atoms with Crippen LogP contribution in [0.5, 0.6) is 0 Å². The van der Waals surface area contributed by atoms with E-state index in [2.05, 4.69) is 20.7 Å². The van der Waals surface area contributed by atoms with Crippen LogP contribution in [-0.4, -0.2) is 45.1 Å². The number of piperidine rings is 1. The van der Waals surface area contributed by atoms with E-state index >= 15 is 0 Å². The molecule has 1 aliphatic carbocycles. The summed E-state index contributed by atoms with van der Waals surface area (Å²) in [5.74, 6) is 1.06. The zero-order valence-corrected chi connectivity index (χ0v) is 15.2. The lowest BCUT2D eigenvalue weighted by atomic mass is 9.77. The Labute approximate surface area is 148 Å². The minimum absolute atomic E-state index is 0.0153. The number of hydrogen-bond donors (Lipinski definition) is 1. The number of amides is 1. The van der Waals surface area contributed by atoms with E-state index in [4.69, 9.17) is 4.74 Å². The van der Waals surface area contributed by atoms with Crippen LogP contribution in [0.15, 0.2) is 23.4 Å². The van der Waals surface area contributed by atoms with Gasteiger partial charge in [0.2, 0.25) is 0 Å². The quantitative estimate of drug-likeness (QED) is 0.831. The summed E-state index contributed by atoms with van der Waals surface area (Å²) in [4.78, 5) is 14.6. The van der Waals surface area contributed by atoms with Crippen molar-refractivity contribution in [2.24, 2.45) is 11.0 Å². The molecule has 2 aliphatic rings. The Morgan fingerprint density at radius 3 is 2.88 bits per heavy atom. The van der Waals surface area contributed by atoms with Crippen molar-refractivity contribution in [2.75, 3.05) is 12.0 Å². The lowest BCUT2D eigenvalue weighted by molar-refractivity contribution is 0.00751. The molecule has 7 heteroatoms. The summed E-state index contributed by atoms with van der Waals surface area (Å²) in [6, 6.07) is 3.65. The molecule has 0 bridgehead atoms. The fourth-order valence-electron chi connectivity index (χ4n) is 3.66. The molecule has 2 atom stereocenters. The second-order valence-electron chi connectivity index (χ2n) is 7.74. The highest BCUT2D eigenvalue weighted by molar-refractivity contribution is 5.93. The van der Waals surface area contributed by atoms with Gasteiger partial charge in [-0.1, -0.05) is 0 Å². The largest absolute Gasteiger partial charge is 0.444 e. The molecule has 2 fully saturated rings. The average molecular weight is 345 g/mol. The van der Waals surface area contributed by atoms with Gasteiger partial charge in [0.05, 0.1) is 11.8 Å². The molecule has 7 nitrogen and oxygen atoms in total. The summed E-state index contributed by atoms with van der Waals surface area (Å²) in [7, 11) is 0. The molecule has 0 aromatic carbocycles. The van der Waals surface area contributed by atoms with E-state index in [1.165, 1.54) is 0 Å². The molecule has 1 N–H and O–H groups in total. The highest BCUT2D eigenvalue weighted by Crippen LogP contribution is 2.35. The smallest absolute Gasteiger partial charge is 0.410 e. The SMILES string of the molecule is CC(C)(C)OC(=O)N1CCCC2CCC/C(=N\Nc3cccnn3)C21. The maximum Gasteiger partial charge on any atom is 0.410 e. The van der Waals surface area contributed by atoms with Gasteiger partial charge in [-0.15, -0.1) is 5.10 Å². The van der Waals surface area contributed by atoms with Crippen molar-refractivity contribution >= 4 is 17.6 Å². The Balaban J connectivity index is 1.79. The Hall–Kier alpha value is -2.18. The zero-order chi connectivity index (χ0) is 17.9. The molecule has 0 spiro atoms. The van der Waals surface area contributed by atoms with Crippen LogP contribution in [0.1, 0.15) is 52.9 Å². The predicted octanol–water partition coefficient (Wildman–Crippen LogP) is 3.44. The fraction of sp³-hybridized carbons (Fsp3) is 0.667. The van der Waals surface area contributed by atoms with Crippen LogP contribution in [0, 0.1) is 5.92 Å². The number of rotatable bonds is 2. The van der Waals surface area contributed by atoms with Gasteiger partial charge >= 0.3 is 6.09 Å². The zero-order valence-electron chi connectivity index (χ0n) is 15.2. The number of fused-ring (bicyclic) bond motifs is 1. The third-order valence-corrected chi connectivity index (χ3v) is 4.62. The molecule has 3 rings (SSSR count). The van der Waals surface area contributed by atoms with E-state index in [-0.39, 0.29) is 12.1 Å². The summed E-state index contributed by atoms with van der Waals surface area (Å²) in [6.07, 6.45) is 6.66. The number of anilines is 1. The Morgan fingerprint density at radius 2 is 2.16 bits per heavy atom. The van der Waals surface area contributed by atoms with E-state index in [1.54, 1.807) is 6.20 Å². The monoisotopic (exact) mass is 345 g/mol. The van der Waals surface area contributed by atoms with Gasteiger partial charge in [0.25, 0.3) is 0 Å². The van der Waals surface area contributed by atoms with Crippen LogP contribution >= 0.6 is 0 Å². The van der Waals surface area contributed by atoms with Crippen molar-refractivity contribution in [3.8, 4) is 0 Å². The van der Waals surface area contributed by atoms with Gasteiger partial charge in [-0.25, -0.2) is 4.79 Å². The average Bonchev–Trinajstić information content (AvgIpc) is 2.58. The molecule has 136 valence electrons. The summed E-state index contributed by atoms with van der Waals surface area (Å²) in [6.45, 7) is 6.42. The van der Waals surface area contributed by atoms with Gasteiger partial charge in [0.1, 0.15) is 5.60 Å². The van der Waals surface area contributed by atoms with Gasteiger partial charge in [-0.3, -0.25) is 10.3 Å². The van der Waals surface area contributed by atoms with Crippen LogP contribution in [0.25, 0.3) is 0 Å². The third kappa shape index (κ3) is 4.46. The highest BCUT2D eigenvalue weighted by atomic mass is 16.6. The molecule has 1 aliphatic heterocycles. The van der Waals surface area contributed by atoms with Crippen LogP contribution in [0.2, 0.25) is 0 Å². The van der Waals surface area contributed by atoms with Gasteiger partial charge in [0, 0.05) is 12.7 Å². The number of nitrogens with zero attached hydrogens (tertiary/aromatic N) is 4. The van der Waals surface area contributed by atoms with Gasteiger partial charge in [-0.2, -0.15) is 10.2 Å². The molecule has 2 heterocycles. The lowest BCUT2D eigenvalue weighted by Crippen LogP contribution is -2.55. The number of likely N-dealkylation sites (tertiary alicyclic amines) is 1. The lowest BCUT2D eigenvalue weighted by Gasteiger charge is -2.44. The Bertz CT molecular complexity index is 624. The van der Waals surface area contributed by atoms with Gasteiger partial charge < -0.3 is 4.74 Å². The van der Waals surface area contributed by atoms with Crippen LogP contribution in [0.3, 0.4) is 0 Å². The molecule has 2 unspecified atom stereocenters. The molecule has 1 saturated heterocycles. The second-order valence-corrected chi connectivity index (χ2v) is 7.74. The summed E-state index contributed by atoms with van der Waals surface area (Å²) < 4.78 is 5.63. The first kappa shape index (κ1) is 17.6. The maximum absolute atomic E-state index is 12.7. The standard InChI is InChI=1S/C18H27N5O2/c1-18(2,3)25-17(24)23-12-6-8-13-7-4-9-14(16(13)23)20-22-15-10-5-11-19-21-15/h5,10-11,13,16H,4,6-9,12H2,1-3H3,(H,21,22)/b20-14+.